The highest BCUT2D eigenvalue weighted by Gasteiger charge is 2.22. The van der Waals surface area contributed by atoms with Crippen LogP contribution < -0.4 is 0 Å². The Balaban J connectivity index is 1.84. The molecule has 0 N–H and O–H groups in total. The second-order valence-corrected chi connectivity index (χ2v) is 6.36. The summed E-state index contributed by atoms with van der Waals surface area (Å²) in [6.07, 6.45) is 4.51. The van der Waals surface area contributed by atoms with Crippen LogP contribution in [0.3, 0.4) is 0 Å². The van der Waals surface area contributed by atoms with E-state index in [2.05, 4.69) is 43.0 Å². The van der Waals surface area contributed by atoms with Crippen molar-refractivity contribution in [3.05, 3.63) is 18.0 Å². The first-order valence-corrected chi connectivity index (χ1v) is 7.40. The SMILES string of the molecule is CC(Cl)C1CCN(Cc2ccn(C(C)C)n2)CC1. The summed E-state index contributed by atoms with van der Waals surface area (Å²) in [6.45, 7) is 9.70. The van der Waals surface area contributed by atoms with Crippen molar-refractivity contribution < 1.29 is 0 Å². The Bertz CT molecular complexity index is 365. The number of likely N-dealkylation sites (tertiary alicyclic amines) is 1. The van der Waals surface area contributed by atoms with E-state index >= 15 is 0 Å². The van der Waals surface area contributed by atoms with Crippen molar-refractivity contribution in [1.82, 2.24) is 14.7 Å². The first-order valence-electron chi connectivity index (χ1n) is 6.96. The largest absolute Gasteiger partial charge is 0.297 e. The third kappa shape index (κ3) is 3.48. The molecule has 1 fully saturated rings. The van der Waals surface area contributed by atoms with Gasteiger partial charge in [0.05, 0.1) is 5.69 Å². The molecule has 0 bridgehead atoms. The lowest BCUT2D eigenvalue weighted by Gasteiger charge is -2.32. The lowest BCUT2D eigenvalue weighted by Crippen LogP contribution is -2.35. The fraction of sp³-hybridized carbons (Fsp3) is 0.786. The molecular weight excluding hydrogens is 246 g/mol. The summed E-state index contributed by atoms with van der Waals surface area (Å²) in [5.41, 5.74) is 1.18. The van der Waals surface area contributed by atoms with Crippen LogP contribution in [0.25, 0.3) is 0 Å². The molecule has 1 aromatic rings. The van der Waals surface area contributed by atoms with Gasteiger partial charge < -0.3 is 0 Å². The number of hydrogen-bond acceptors (Lipinski definition) is 2. The Morgan fingerprint density at radius 3 is 2.50 bits per heavy atom. The van der Waals surface area contributed by atoms with Crippen molar-refractivity contribution in [2.75, 3.05) is 13.1 Å². The van der Waals surface area contributed by atoms with Crippen LogP contribution >= 0.6 is 11.6 Å². The molecule has 2 rings (SSSR count). The van der Waals surface area contributed by atoms with E-state index in [9.17, 15) is 0 Å². The summed E-state index contributed by atoms with van der Waals surface area (Å²) in [5.74, 6) is 0.691. The summed E-state index contributed by atoms with van der Waals surface area (Å²) in [5, 5.41) is 4.92. The van der Waals surface area contributed by atoms with Crippen molar-refractivity contribution in [2.24, 2.45) is 5.92 Å². The Hall–Kier alpha value is -0.540. The van der Waals surface area contributed by atoms with Gasteiger partial charge in [-0.25, -0.2) is 0 Å². The minimum Gasteiger partial charge on any atom is -0.297 e. The summed E-state index contributed by atoms with van der Waals surface area (Å²) in [4.78, 5) is 2.49. The summed E-state index contributed by atoms with van der Waals surface area (Å²) in [6, 6.07) is 2.58. The normalized spacial score (nSPS) is 20.5. The van der Waals surface area contributed by atoms with E-state index in [1.54, 1.807) is 0 Å². The molecule has 3 nitrogen and oxygen atoms in total. The highest BCUT2D eigenvalue weighted by molar-refractivity contribution is 6.20. The molecule has 0 spiro atoms. The molecule has 1 atom stereocenters. The van der Waals surface area contributed by atoms with Gasteiger partial charge in [0.1, 0.15) is 0 Å². The standard InChI is InChI=1S/C14H24ClN3/c1-11(2)18-9-6-14(16-18)10-17-7-4-13(5-8-17)12(3)15/h6,9,11-13H,4-5,7-8,10H2,1-3H3. The zero-order chi connectivity index (χ0) is 13.1. The summed E-state index contributed by atoms with van der Waals surface area (Å²) in [7, 11) is 0. The number of halogens is 1. The van der Waals surface area contributed by atoms with E-state index in [1.165, 1.54) is 18.5 Å². The third-order valence-electron chi connectivity index (χ3n) is 3.86. The summed E-state index contributed by atoms with van der Waals surface area (Å²) < 4.78 is 2.03. The number of piperidine rings is 1. The lowest BCUT2D eigenvalue weighted by molar-refractivity contribution is 0.174. The first kappa shape index (κ1) is 13.9. The molecule has 1 saturated heterocycles. The minimum atomic E-state index is 0.312. The van der Waals surface area contributed by atoms with Crippen molar-refractivity contribution in [2.45, 2.75) is 51.6 Å². The number of aromatic nitrogens is 2. The van der Waals surface area contributed by atoms with Crippen LogP contribution in [0.5, 0.6) is 0 Å². The molecule has 0 saturated carbocycles. The van der Waals surface area contributed by atoms with Crippen molar-refractivity contribution in [1.29, 1.82) is 0 Å². The Kier molecular flexibility index (Phi) is 4.68. The molecule has 1 aromatic heterocycles. The quantitative estimate of drug-likeness (QED) is 0.782. The summed E-state index contributed by atoms with van der Waals surface area (Å²) >= 11 is 6.17. The number of alkyl halides is 1. The smallest absolute Gasteiger partial charge is 0.0764 e. The van der Waals surface area contributed by atoms with Gasteiger partial charge in [0.2, 0.25) is 0 Å². The molecule has 18 heavy (non-hydrogen) atoms. The van der Waals surface area contributed by atoms with E-state index < -0.39 is 0 Å². The van der Waals surface area contributed by atoms with Gasteiger partial charge in [-0.2, -0.15) is 5.10 Å². The molecule has 4 heteroatoms. The first-order chi connectivity index (χ1) is 8.56. The average molecular weight is 270 g/mol. The van der Waals surface area contributed by atoms with E-state index in [1.807, 2.05) is 4.68 Å². The molecule has 102 valence electrons. The van der Waals surface area contributed by atoms with Crippen LogP contribution in [0.15, 0.2) is 12.3 Å². The molecule has 0 aliphatic carbocycles. The van der Waals surface area contributed by atoms with Crippen LogP contribution in [0.4, 0.5) is 0 Å². The van der Waals surface area contributed by atoms with Crippen molar-refractivity contribution in [3.63, 3.8) is 0 Å². The van der Waals surface area contributed by atoms with E-state index in [0.717, 1.165) is 19.6 Å². The highest BCUT2D eigenvalue weighted by Crippen LogP contribution is 2.24. The predicted octanol–water partition coefficient (Wildman–Crippen LogP) is 3.30. The number of nitrogens with zero attached hydrogens (tertiary/aromatic N) is 3. The lowest BCUT2D eigenvalue weighted by atomic mass is 9.94. The topological polar surface area (TPSA) is 21.1 Å². The maximum absolute atomic E-state index is 6.17. The average Bonchev–Trinajstić information content (AvgIpc) is 2.78. The molecule has 1 unspecified atom stereocenters. The van der Waals surface area contributed by atoms with Gasteiger partial charge in [0, 0.05) is 24.2 Å². The van der Waals surface area contributed by atoms with Crippen molar-refractivity contribution in [3.8, 4) is 0 Å². The second kappa shape index (κ2) is 6.07. The van der Waals surface area contributed by atoms with E-state index in [-0.39, 0.29) is 0 Å². The van der Waals surface area contributed by atoms with Crippen molar-refractivity contribution >= 4 is 11.6 Å². The predicted molar refractivity (Wildman–Crippen MR) is 75.9 cm³/mol. The maximum atomic E-state index is 6.17. The van der Waals surface area contributed by atoms with E-state index in [4.69, 9.17) is 11.6 Å². The van der Waals surface area contributed by atoms with Gasteiger partial charge in [0.25, 0.3) is 0 Å². The molecule has 0 radical (unpaired) electrons. The van der Waals surface area contributed by atoms with Gasteiger partial charge in [-0.15, -0.1) is 11.6 Å². The zero-order valence-corrected chi connectivity index (χ0v) is 12.4. The van der Waals surface area contributed by atoms with Gasteiger partial charge in [-0.05, 0) is 58.7 Å². The van der Waals surface area contributed by atoms with Gasteiger partial charge in [-0.1, -0.05) is 0 Å². The molecule has 2 heterocycles. The number of hydrogen-bond donors (Lipinski definition) is 0. The molecule has 0 aromatic carbocycles. The van der Waals surface area contributed by atoms with Gasteiger partial charge in [-0.3, -0.25) is 9.58 Å². The molecule has 1 aliphatic rings. The fourth-order valence-electron chi connectivity index (χ4n) is 2.55. The Morgan fingerprint density at radius 2 is 2.00 bits per heavy atom. The molecule has 1 aliphatic heterocycles. The van der Waals surface area contributed by atoms with Crippen LogP contribution in [-0.2, 0) is 6.54 Å². The second-order valence-electron chi connectivity index (χ2n) is 5.67. The maximum Gasteiger partial charge on any atom is 0.0764 e. The third-order valence-corrected chi connectivity index (χ3v) is 4.22. The van der Waals surface area contributed by atoms with Crippen LogP contribution in [-0.4, -0.2) is 33.1 Å². The zero-order valence-electron chi connectivity index (χ0n) is 11.6. The van der Waals surface area contributed by atoms with Crippen LogP contribution in [0.2, 0.25) is 0 Å². The molecular formula is C14H24ClN3. The fourth-order valence-corrected chi connectivity index (χ4v) is 2.80. The Labute approximate surface area is 115 Å². The van der Waals surface area contributed by atoms with E-state index in [0.29, 0.717) is 17.3 Å². The van der Waals surface area contributed by atoms with Crippen LogP contribution in [0, 0.1) is 5.92 Å². The van der Waals surface area contributed by atoms with Gasteiger partial charge in [0.15, 0.2) is 0 Å². The van der Waals surface area contributed by atoms with Gasteiger partial charge >= 0.3 is 0 Å². The monoisotopic (exact) mass is 269 g/mol. The number of rotatable bonds is 4. The minimum absolute atomic E-state index is 0.312. The van der Waals surface area contributed by atoms with Crippen LogP contribution in [0.1, 0.15) is 45.3 Å². The Morgan fingerprint density at radius 1 is 1.33 bits per heavy atom. The molecule has 0 amide bonds. The highest BCUT2D eigenvalue weighted by atomic mass is 35.5.